The molecular formula is C23H27N5O4. The number of anilines is 1. The van der Waals surface area contributed by atoms with Gasteiger partial charge in [-0.1, -0.05) is 32.0 Å². The Labute approximate surface area is 186 Å². The van der Waals surface area contributed by atoms with E-state index in [1.54, 1.807) is 48.2 Å². The number of aromatic nitrogens is 2. The molecule has 32 heavy (non-hydrogen) atoms. The molecule has 0 bridgehead atoms. The van der Waals surface area contributed by atoms with Crippen molar-refractivity contribution in [2.75, 3.05) is 5.32 Å². The highest BCUT2D eigenvalue weighted by Gasteiger charge is 2.31. The molecule has 9 heteroatoms. The van der Waals surface area contributed by atoms with Crippen LogP contribution in [-0.2, 0) is 9.59 Å². The monoisotopic (exact) mass is 437 g/mol. The molecule has 1 aliphatic heterocycles. The average molecular weight is 438 g/mol. The summed E-state index contributed by atoms with van der Waals surface area (Å²) in [5, 5.41) is 13.8. The van der Waals surface area contributed by atoms with Crippen LogP contribution in [0, 0.1) is 5.92 Å². The fraction of sp³-hybridized carbons (Fsp3) is 0.348. The highest BCUT2D eigenvalue weighted by molar-refractivity contribution is 5.94. The molecule has 3 atom stereocenters. The Morgan fingerprint density at radius 3 is 2.69 bits per heavy atom. The lowest BCUT2D eigenvalue weighted by Gasteiger charge is -2.34. The largest absolute Gasteiger partial charge is 0.481 e. The Balaban J connectivity index is 1.59. The minimum absolute atomic E-state index is 0.0195. The van der Waals surface area contributed by atoms with Gasteiger partial charge in [0, 0.05) is 18.5 Å². The number of carbonyl (C=O) groups is 2. The smallest absolute Gasteiger partial charge is 0.266 e. The van der Waals surface area contributed by atoms with Crippen molar-refractivity contribution >= 4 is 17.6 Å². The molecule has 3 N–H and O–H groups in total. The van der Waals surface area contributed by atoms with Crippen molar-refractivity contribution in [3.8, 4) is 17.2 Å². The van der Waals surface area contributed by atoms with Crippen molar-refractivity contribution < 1.29 is 18.7 Å². The molecule has 1 aliphatic rings. The van der Waals surface area contributed by atoms with Crippen LogP contribution in [0.3, 0.4) is 0 Å². The van der Waals surface area contributed by atoms with Gasteiger partial charge in [-0.3, -0.25) is 14.9 Å². The lowest BCUT2D eigenvalue weighted by molar-refractivity contribution is -0.126. The molecule has 9 nitrogen and oxygen atoms in total. The Bertz CT molecular complexity index is 1060. The summed E-state index contributed by atoms with van der Waals surface area (Å²) in [7, 11) is 0. The zero-order valence-corrected chi connectivity index (χ0v) is 18.2. The minimum Gasteiger partial charge on any atom is -0.481 e. The molecule has 3 aromatic rings. The summed E-state index contributed by atoms with van der Waals surface area (Å²) in [6.45, 7) is 5.78. The van der Waals surface area contributed by atoms with E-state index in [1.165, 1.54) is 0 Å². The summed E-state index contributed by atoms with van der Waals surface area (Å²) in [6.07, 6.45) is 0.570. The first-order chi connectivity index (χ1) is 15.4. The number of rotatable bonds is 7. The standard InChI is InChI=1S/C23H27N5O4/c1-14(2)17-13-21(29)26-23(24-17)28-20(12-18(27-28)19-10-7-11-31-19)25-22(30)15(3)32-16-8-5-4-6-9-16/h4-12,14-15,17,23-24H,13H2,1-3H3,(H,25,30)(H,26,29). The summed E-state index contributed by atoms with van der Waals surface area (Å²) in [5.74, 6) is 1.38. The maximum absolute atomic E-state index is 12.9. The molecule has 1 fully saturated rings. The molecule has 0 aliphatic carbocycles. The Hall–Kier alpha value is -3.59. The van der Waals surface area contributed by atoms with Gasteiger partial charge in [-0.05, 0) is 37.1 Å². The predicted molar refractivity (Wildman–Crippen MR) is 119 cm³/mol. The topological polar surface area (TPSA) is 110 Å². The number of furan rings is 1. The number of nitrogens with zero attached hydrogens (tertiary/aromatic N) is 2. The zero-order chi connectivity index (χ0) is 22.7. The first kappa shape index (κ1) is 21.6. The third kappa shape index (κ3) is 4.83. The van der Waals surface area contributed by atoms with E-state index < -0.39 is 12.4 Å². The molecule has 0 radical (unpaired) electrons. The molecule has 1 saturated heterocycles. The summed E-state index contributed by atoms with van der Waals surface area (Å²) in [6, 6.07) is 14.4. The van der Waals surface area contributed by atoms with Gasteiger partial charge >= 0.3 is 0 Å². The summed E-state index contributed by atoms with van der Waals surface area (Å²) in [4.78, 5) is 25.2. The number of benzene rings is 1. The van der Waals surface area contributed by atoms with Crippen LogP contribution in [0.15, 0.2) is 59.2 Å². The van der Waals surface area contributed by atoms with E-state index in [0.29, 0.717) is 29.4 Å². The Kier molecular flexibility index (Phi) is 6.27. The van der Waals surface area contributed by atoms with Crippen molar-refractivity contribution in [2.45, 2.75) is 45.6 Å². The number of hydrogen-bond acceptors (Lipinski definition) is 6. The second-order valence-corrected chi connectivity index (χ2v) is 8.09. The quantitative estimate of drug-likeness (QED) is 0.524. The SMILES string of the molecule is CC(Oc1ccccc1)C(=O)Nc1cc(-c2ccco2)nn1C1NC(=O)CC(C(C)C)N1. The van der Waals surface area contributed by atoms with Gasteiger partial charge in [0.2, 0.25) is 5.91 Å². The van der Waals surface area contributed by atoms with Crippen LogP contribution in [0.4, 0.5) is 5.82 Å². The van der Waals surface area contributed by atoms with Gasteiger partial charge < -0.3 is 19.8 Å². The van der Waals surface area contributed by atoms with Gasteiger partial charge in [0.1, 0.15) is 17.3 Å². The maximum Gasteiger partial charge on any atom is 0.266 e. The molecule has 3 unspecified atom stereocenters. The lowest BCUT2D eigenvalue weighted by atomic mass is 9.99. The second-order valence-electron chi connectivity index (χ2n) is 8.09. The van der Waals surface area contributed by atoms with E-state index in [9.17, 15) is 9.59 Å². The van der Waals surface area contributed by atoms with Crippen LogP contribution in [0.25, 0.3) is 11.5 Å². The maximum atomic E-state index is 12.9. The number of hydrogen-bond donors (Lipinski definition) is 3. The Morgan fingerprint density at radius 2 is 2.00 bits per heavy atom. The predicted octanol–water partition coefficient (Wildman–Crippen LogP) is 3.14. The van der Waals surface area contributed by atoms with E-state index in [-0.39, 0.29) is 23.8 Å². The van der Waals surface area contributed by atoms with Crippen molar-refractivity contribution in [2.24, 2.45) is 5.92 Å². The summed E-state index contributed by atoms with van der Waals surface area (Å²) < 4.78 is 12.8. The van der Waals surface area contributed by atoms with Crippen molar-refractivity contribution in [3.63, 3.8) is 0 Å². The number of carbonyl (C=O) groups excluding carboxylic acids is 2. The summed E-state index contributed by atoms with van der Waals surface area (Å²) >= 11 is 0. The van der Waals surface area contributed by atoms with E-state index >= 15 is 0 Å². The molecule has 0 saturated carbocycles. The van der Waals surface area contributed by atoms with Crippen LogP contribution in [0.5, 0.6) is 5.75 Å². The third-order valence-corrected chi connectivity index (χ3v) is 5.31. The first-order valence-corrected chi connectivity index (χ1v) is 10.6. The minimum atomic E-state index is -0.745. The Morgan fingerprint density at radius 1 is 1.22 bits per heavy atom. The fourth-order valence-corrected chi connectivity index (χ4v) is 3.49. The molecule has 2 amide bonds. The van der Waals surface area contributed by atoms with Gasteiger partial charge in [-0.25, -0.2) is 4.68 Å². The van der Waals surface area contributed by atoms with Gasteiger partial charge in [0.15, 0.2) is 18.2 Å². The normalized spacial score (nSPS) is 19.4. The van der Waals surface area contributed by atoms with Gasteiger partial charge in [0.05, 0.1) is 6.26 Å². The van der Waals surface area contributed by atoms with Crippen LogP contribution < -0.4 is 20.7 Å². The highest BCUT2D eigenvalue weighted by atomic mass is 16.5. The second kappa shape index (κ2) is 9.27. The third-order valence-electron chi connectivity index (χ3n) is 5.31. The number of ether oxygens (including phenoxy) is 1. The zero-order valence-electron chi connectivity index (χ0n) is 18.2. The fourth-order valence-electron chi connectivity index (χ4n) is 3.49. The molecule has 1 aromatic carbocycles. The van der Waals surface area contributed by atoms with E-state index in [2.05, 4.69) is 34.9 Å². The van der Waals surface area contributed by atoms with Crippen LogP contribution >= 0.6 is 0 Å². The van der Waals surface area contributed by atoms with Crippen molar-refractivity contribution in [3.05, 3.63) is 54.8 Å². The molecule has 3 heterocycles. The van der Waals surface area contributed by atoms with Gasteiger partial charge in [0.25, 0.3) is 5.91 Å². The van der Waals surface area contributed by atoms with Crippen LogP contribution in [0.2, 0.25) is 0 Å². The number of amides is 2. The van der Waals surface area contributed by atoms with Crippen molar-refractivity contribution in [1.82, 2.24) is 20.4 Å². The molecule has 0 spiro atoms. The molecule has 168 valence electrons. The van der Waals surface area contributed by atoms with Crippen LogP contribution in [0.1, 0.15) is 33.5 Å². The molecular weight excluding hydrogens is 410 g/mol. The average Bonchev–Trinajstić information content (AvgIpc) is 3.44. The number of nitrogens with one attached hydrogen (secondary N) is 3. The van der Waals surface area contributed by atoms with Crippen LogP contribution in [-0.4, -0.2) is 33.7 Å². The lowest BCUT2D eigenvalue weighted by Crippen LogP contribution is -2.55. The van der Waals surface area contributed by atoms with E-state index in [1.807, 2.05) is 18.2 Å². The highest BCUT2D eigenvalue weighted by Crippen LogP contribution is 2.26. The molecule has 2 aromatic heterocycles. The number of para-hydroxylation sites is 1. The van der Waals surface area contributed by atoms with Gasteiger partial charge in [-0.15, -0.1) is 0 Å². The van der Waals surface area contributed by atoms with E-state index in [0.717, 1.165) is 0 Å². The first-order valence-electron chi connectivity index (χ1n) is 10.6. The van der Waals surface area contributed by atoms with Crippen molar-refractivity contribution in [1.29, 1.82) is 0 Å². The van der Waals surface area contributed by atoms with E-state index in [4.69, 9.17) is 9.15 Å². The van der Waals surface area contributed by atoms with Gasteiger partial charge in [-0.2, -0.15) is 5.10 Å². The summed E-state index contributed by atoms with van der Waals surface area (Å²) in [5.41, 5.74) is 0.532. The molecule has 4 rings (SSSR count).